The van der Waals surface area contributed by atoms with Gasteiger partial charge in [0.05, 0.1) is 5.52 Å². The summed E-state index contributed by atoms with van der Waals surface area (Å²) in [5.74, 6) is 0.961. The third-order valence-electron chi connectivity index (χ3n) is 4.25. The predicted molar refractivity (Wildman–Crippen MR) is 89.4 cm³/mol. The molecule has 0 radical (unpaired) electrons. The van der Waals surface area contributed by atoms with Gasteiger partial charge < -0.3 is 11.1 Å². The van der Waals surface area contributed by atoms with Gasteiger partial charge in [-0.05, 0) is 49.4 Å². The highest BCUT2D eigenvalue weighted by Gasteiger charge is 2.32. The molecule has 0 atom stereocenters. The van der Waals surface area contributed by atoms with Gasteiger partial charge >= 0.3 is 0 Å². The van der Waals surface area contributed by atoms with E-state index in [1.807, 2.05) is 36.0 Å². The second kappa shape index (κ2) is 5.52. The Bertz CT molecular complexity index is 606. The molecule has 1 aromatic heterocycles. The Morgan fingerprint density at radius 1 is 1.25 bits per heavy atom. The zero-order valence-electron chi connectivity index (χ0n) is 11.9. The van der Waals surface area contributed by atoms with E-state index in [0.29, 0.717) is 4.75 Å². The fraction of sp³-hybridized carbons (Fsp3) is 0.438. The largest absolute Gasteiger partial charge is 0.399 e. The Morgan fingerprint density at radius 2 is 2.05 bits per heavy atom. The zero-order valence-corrected chi connectivity index (χ0v) is 12.7. The minimum atomic E-state index is 0.401. The molecular formula is C16H21N3S. The van der Waals surface area contributed by atoms with Crippen LogP contribution in [-0.2, 0) is 0 Å². The highest BCUT2D eigenvalue weighted by Crippen LogP contribution is 2.40. The van der Waals surface area contributed by atoms with Gasteiger partial charge in [0.15, 0.2) is 0 Å². The number of hydrogen-bond donors (Lipinski definition) is 2. The molecule has 106 valence electrons. The maximum atomic E-state index is 5.79. The molecule has 1 fully saturated rings. The van der Waals surface area contributed by atoms with E-state index in [2.05, 4.69) is 22.6 Å². The molecule has 3 rings (SSSR count). The van der Waals surface area contributed by atoms with E-state index >= 15 is 0 Å². The normalized spacial score (nSPS) is 17.4. The van der Waals surface area contributed by atoms with E-state index in [-0.39, 0.29) is 0 Å². The number of nitrogens with zero attached hydrogens (tertiary/aromatic N) is 1. The van der Waals surface area contributed by atoms with Crippen LogP contribution in [-0.4, -0.2) is 22.5 Å². The summed E-state index contributed by atoms with van der Waals surface area (Å²) in [6.07, 6.45) is 7.56. The highest BCUT2D eigenvalue weighted by molar-refractivity contribution is 8.00. The molecule has 1 saturated carbocycles. The van der Waals surface area contributed by atoms with Gasteiger partial charge in [-0.25, -0.2) is 4.98 Å². The SMILES string of the molecule is CSC1(CNc2ccc3cc(N)ccc3n2)CCCC1. The van der Waals surface area contributed by atoms with E-state index in [1.165, 1.54) is 25.7 Å². The van der Waals surface area contributed by atoms with Crippen LogP contribution in [0.15, 0.2) is 30.3 Å². The number of thioether (sulfide) groups is 1. The standard InChI is InChI=1S/C16H21N3S/c1-20-16(8-2-3-9-16)11-18-15-7-4-12-10-13(17)5-6-14(12)19-15/h4-7,10H,2-3,8-9,11,17H2,1H3,(H,18,19). The minimum Gasteiger partial charge on any atom is -0.399 e. The molecule has 1 aromatic carbocycles. The molecular weight excluding hydrogens is 266 g/mol. The Balaban J connectivity index is 1.76. The van der Waals surface area contributed by atoms with Crippen LogP contribution >= 0.6 is 11.8 Å². The summed E-state index contributed by atoms with van der Waals surface area (Å²) in [6.45, 7) is 1.00. The van der Waals surface area contributed by atoms with E-state index in [0.717, 1.165) is 29.0 Å². The first-order chi connectivity index (χ1) is 9.71. The first kappa shape index (κ1) is 13.6. The zero-order chi connectivity index (χ0) is 14.0. The van der Waals surface area contributed by atoms with Crippen molar-refractivity contribution in [2.24, 2.45) is 0 Å². The summed E-state index contributed by atoms with van der Waals surface area (Å²) < 4.78 is 0.401. The smallest absolute Gasteiger partial charge is 0.126 e. The number of aromatic nitrogens is 1. The number of rotatable bonds is 4. The van der Waals surface area contributed by atoms with Crippen molar-refractivity contribution in [3.63, 3.8) is 0 Å². The van der Waals surface area contributed by atoms with Crippen molar-refractivity contribution >= 4 is 34.2 Å². The van der Waals surface area contributed by atoms with Crippen LogP contribution in [0, 0.1) is 0 Å². The van der Waals surface area contributed by atoms with Crippen molar-refractivity contribution < 1.29 is 0 Å². The van der Waals surface area contributed by atoms with Crippen LogP contribution < -0.4 is 11.1 Å². The lowest BCUT2D eigenvalue weighted by Gasteiger charge is -2.27. The summed E-state index contributed by atoms with van der Waals surface area (Å²) in [4.78, 5) is 4.67. The van der Waals surface area contributed by atoms with Crippen molar-refractivity contribution in [2.45, 2.75) is 30.4 Å². The Labute approximate surface area is 124 Å². The molecule has 0 spiro atoms. The van der Waals surface area contributed by atoms with Gasteiger partial charge in [-0.2, -0.15) is 11.8 Å². The molecule has 0 bridgehead atoms. The summed E-state index contributed by atoms with van der Waals surface area (Å²) in [7, 11) is 0. The van der Waals surface area contributed by atoms with Crippen molar-refractivity contribution in [1.29, 1.82) is 0 Å². The number of nitrogen functional groups attached to an aromatic ring is 1. The number of pyridine rings is 1. The third-order valence-corrected chi connectivity index (χ3v) is 5.67. The maximum Gasteiger partial charge on any atom is 0.126 e. The third kappa shape index (κ3) is 2.70. The lowest BCUT2D eigenvalue weighted by Crippen LogP contribution is -2.30. The fourth-order valence-corrected chi connectivity index (χ4v) is 3.88. The average Bonchev–Trinajstić information content (AvgIpc) is 2.94. The van der Waals surface area contributed by atoms with Crippen LogP contribution in [0.4, 0.5) is 11.5 Å². The number of fused-ring (bicyclic) bond motifs is 1. The maximum absolute atomic E-state index is 5.79. The minimum absolute atomic E-state index is 0.401. The molecule has 1 heterocycles. The second-order valence-electron chi connectivity index (χ2n) is 5.60. The molecule has 20 heavy (non-hydrogen) atoms. The van der Waals surface area contributed by atoms with Gasteiger partial charge in [0, 0.05) is 22.4 Å². The Kier molecular flexibility index (Phi) is 3.74. The van der Waals surface area contributed by atoms with Gasteiger partial charge in [-0.15, -0.1) is 0 Å². The van der Waals surface area contributed by atoms with Gasteiger partial charge in [0.25, 0.3) is 0 Å². The van der Waals surface area contributed by atoms with Gasteiger partial charge in [-0.1, -0.05) is 12.8 Å². The number of nitrogens with two attached hydrogens (primary N) is 1. The summed E-state index contributed by atoms with van der Waals surface area (Å²) in [5.41, 5.74) is 7.57. The van der Waals surface area contributed by atoms with Crippen molar-refractivity contribution in [3.8, 4) is 0 Å². The van der Waals surface area contributed by atoms with Crippen molar-refractivity contribution in [2.75, 3.05) is 23.9 Å². The fourth-order valence-electron chi connectivity index (χ4n) is 2.97. The first-order valence-electron chi connectivity index (χ1n) is 7.16. The van der Waals surface area contributed by atoms with Crippen molar-refractivity contribution in [1.82, 2.24) is 4.98 Å². The molecule has 0 amide bonds. The van der Waals surface area contributed by atoms with E-state index in [1.54, 1.807) is 0 Å². The summed E-state index contributed by atoms with van der Waals surface area (Å²) in [5, 5.41) is 4.62. The number of nitrogens with one attached hydrogen (secondary N) is 1. The van der Waals surface area contributed by atoms with Crippen LogP contribution in [0.5, 0.6) is 0 Å². The lowest BCUT2D eigenvalue weighted by molar-refractivity contribution is 0.639. The molecule has 4 heteroatoms. The molecule has 0 saturated heterocycles. The van der Waals surface area contributed by atoms with Gasteiger partial charge in [0.2, 0.25) is 0 Å². The molecule has 2 aromatic rings. The summed E-state index contributed by atoms with van der Waals surface area (Å²) >= 11 is 2.00. The van der Waals surface area contributed by atoms with Crippen molar-refractivity contribution in [3.05, 3.63) is 30.3 Å². The average molecular weight is 287 g/mol. The lowest BCUT2D eigenvalue weighted by atomic mass is 10.1. The predicted octanol–water partition coefficient (Wildman–Crippen LogP) is 3.90. The van der Waals surface area contributed by atoms with Crippen LogP contribution in [0.2, 0.25) is 0 Å². The van der Waals surface area contributed by atoms with E-state index in [9.17, 15) is 0 Å². The highest BCUT2D eigenvalue weighted by atomic mass is 32.2. The topological polar surface area (TPSA) is 50.9 Å². The quantitative estimate of drug-likeness (QED) is 0.837. The summed E-state index contributed by atoms with van der Waals surface area (Å²) in [6, 6.07) is 9.98. The molecule has 1 aliphatic carbocycles. The monoisotopic (exact) mass is 287 g/mol. The molecule has 3 N–H and O–H groups in total. The molecule has 0 unspecified atom stereocenters. The van der Waals surface area contributed by atoms with Gasteiger partial charge in [-0.3, -0.25) is 0 Å². The first-order valence-corrected chi connectivity index (χ1v) is 8.39. The molecule has 0 aliphatic heterocycles. The second-order valence-corrected chi connectivity index (χ2v) is 6.87. The number of benzene rings is 1. The van der Waals surface area contributed by atoms with E-state index < -0.39 is 0 Å². The molecule has 3 nitrogen and oxygen atoms in total. The van der Waals surface area contributed by atoms with Crippen LogP contribution in [0.3, 0.4) is 0 Å². The number of hydrogen-bond acceptors (Lipinski definition) is 4. The Hall–Kier alpha value is -1.42. The van der Waals surface area contributed by atoms with Crippen LogP contribution in [0.1, 0.15) is 25.7 Å². The van der Waals surface area contributed by atoms with E-state index in [4.69, 9.17) is 5.73 Å². The Morgan fingerprint density at radius 3 is 2.80 bits per heavy atom. The van der Waals surface area contributed by atoms with Crippen LogP contribution in [0.25, 0.3) is 10.9 Å². The number of anilines is 2. The molecule has 1 aliphatic rings. The van der Waals surface area contributed by atoms with Gasteiger partial charge in [0.1, 0.15) is 5.82 Å².